The average molecular weight is 545 g/mol. The van der Waals surface area contributed by atoms with Gasteiger partial charge in [0.25, 0.3) is 5.56 Å². The van der Waals surface area contributed by atoms with Crippen LogP contribution in [0.15, 0.2) is 33.8 Å². The fraction of sp³-hybridized carbons (Fsp3) is 0.435. The lowest BCUT2D eigenvalue weighted by atomic mass is 9.96. The molecule has 0 atom stereocenters. The zero-order valence-corrected chi connectivity index (χ0v) is 21.1. The summed E-state index contributed by atoms with van der Waals surface area (Å²) in [5.41, 5.74) is 1.78. The molecule has 178 valence electrons. The van der Waals surface area contributed by atoms with Crippen molar-refractivity contribution in [2.45, 2.75) is 45.2 Å². The normalized spacial score (nSPS) is 16.6. The Morgan fingerprint density at radius 2 is 1.97 bits per heavy atom. The molecule has 2 aromatic heterocycles. The molecule has 11 heteroatoms. The molecular weight excluding hydrogens is 520 g/mol. The van der Waals surface area contributed by atoms with Gasteiger partial charge in [0.05, 0.1) is 0 Å². The van der Waals surface area contributed by atoms with Gasteiger partial charge >= 0.3 is 0 Å². The number of fused-ring (bicyclic) bond motifs is 1. The summed E-state index contributed by atoms with van der Waals surface area (Å²) in [5, 5.41) is 6.64. The minimum Gasteiger partial charge on any atom is -0.353 e. The summed E-state index contributed by atoms with van der Waals surface area (Å²) in [6, 6.07) is 5.91. The number of hydrogen-bond acceptors (Lipinski definition) is 7. The molecule has 0 bridgehead atoms. The van der Waals surface area contributed by atoms with Crippen molar-refractivity contribution < 1.29 is 9.59 Å². The number of carbonyl (C=O) groups is 2. The first-order valence-electron chi connectivity index (χ1n) is 11.3. The van der Waals surface area contributed by atoms with Crippen molar-refractivity contribution >= 4 is 60.2 Å². The number of thiazole rings is 1. The predicted molar refractivity (Wildman–Crippen MR) is 135 cm³/mol. The molecule has 0 radical (unpaired) electrons. The van der Waals surface area contributed by atoms with Gasteiger partial charge in [-0.05, 0) is 56.4 Å². The summed E-state index contributed by atoms with van der Waals surface area (Å²) in [7, 11) is 0. The van der Waals surface area contributed by atoms with Gasteiger partial charge in [0.15, 0.2) is 10.8 Å². The lowest BCUT2D eigenvalue weighted by Gasteiger charge is -2.30. The largest absolute Gasteiger partial charge is 0.353 e. The van der Waals surface area contributed by atoms with Crippen LogP contribution in [0.3, 0.4) is 0 Å². The van der Waals surface area contributed by atoms with Crippen molar-refractivity contribution in [2.24, 2.45) is 5.92 Å². The van der Waals surface area contributed by atoms with Gasteiger partial charge in [-0.2, -0.15) is 4.98 Å². The van der Waals surface area contributed by atoms with Gasteiger partial charge in [0, 0.05) is 35.2 Å². The number of anilines is 2. The number of halogens is 1. The van der Waals surface area contributed by atoms with Crippen LogP contribution in [-0.4, -0.2) is 45.5 Å². The molecule has 2 aliphatic rings. The SMILES string of the molecule is Cc1cc(NC(=O)Cn2cnc3nc(N4CCC(C(=O)NC5CC5)CC4)sc3c2=O)ccc1Br. The molecule has 2 amide bonds. The Morgan fingerprint density at radius 1 is 1.21 bits per heavy atom. The third-order valence-corrected chi connectivity index (χ3v) is 8.17. The first kappa shape index (κ1) is 23.0. The first-order chi connectivity index (χ1) is 16.4. The molecule has 0 unspecified atom stereocenters. The highest BCUT2D eigenvalue weighted by atomic mass is 79.9. The second-order valence-electron chi connectivity index (χ2n) is 8.88. The molecular formula is C23H25BrN6O3S. The smallest absolute Gasteiger partial charge is 0.273 e. The van der Waals surface area contributed by atoms with Gasteiger partial charge in [0.2, 0.25) is 11.8 Å². The molecule has 1 saturated heterocycles. The van der Waals surface area contributed by atoms with Crippen LogP contribution in [0.1, 0.15) is 31.2 Å². The summed E-state index contributed by atoms with van der Waals surface area (Å²) in [6.07, 6.45) is 5.08. The highest BCUT2D eigenvalue weighted by Crippen LogP contribution is 2.30. The van der Waals surface area contributed by atoms with Crippen molar-refractivity contribution in [3.63, 3.8) is 0 Å². The number of nitrogens with zero attached hydrogens (tertiary/aromatic N) is 4. The molecule has 3 heterocycles. The Labute approximate surface area is 208 Å². The molecule has 5 rings (SSSR count). The van der Waals surface area contributed by atoms with Crippen LogP contribution >= 0.6 is 27.3 Å². The number of aryl methyl sites for hydroxylation is 1. The predicted octanol–water partition coefficient (Wildman–Crippen LogP) is 3.06. The van der Waals surface area contributed by atoms with Gasteiger partial charge in [-0.15, -0.1) is 0 Å². The lowest BCUT2D eigenvalue weighted by molar-refractivity contribution is -0.125. The third kappa shape index (κ3) is 5.00. The molecule has 1 aliphatic carbocycles. The number of aromatic nitrogens is 3. The van der Waals surface area contributed by atoms with E-state index in [0.29, 0.717) is 35.2 Å². The van der Waals surface area contributed by atoms with Crippen LogP contribution < -0.4 is 21.1 Å². The quantitative estimate of drug-likeness (QED) is 0.493. The van der Waals surface area contributed by atoms with Gasteiger partial charge in [-0.1, -0.05) is 27.3 Å². The zero-order chi connectivity index (χ0) is 23.8. The maximum Gasteiger partial charge on any atom is 0.273 e. The van der Waals surface area contributed by atoms with E-state index in [1.807, 2.05) is 19.1 Å². The van der Waals surface area contributed by atoms with E-state index in [-0.39, 0.29) is 29.8 Å². The van der Waals surface area contributed by atoms with E-state index in [9.17, 15) is 14.4 Å². The number of hydrogen-bond donors (Lipinski definition) is 2. The molecule has 1 saturated carbocycles. The average Bonchev–Trinajstić information content (AvgIpc) is 3.52. The van der Waals surface area contributed by atoms with Gasteiger partial charge in [-0.25, -0.2) is 4.98 Å². The topological polar surface area (TPSA) is 109 Å². The molecule has 2 fully saturated rings. The van der Waals surface area contributed by atoms with E-state index < -0.39 is 0 Å². The van der Waals surface area contributed by atoms with E-state index >= 15 is 0 Å². The van der Waals surface area contributed by atoms with Gasteiger partial charge in [0.1, 0.15) is 17.6 Å². The third-order valence-electron chi connectivity index (χ3n) is 6.19. The Morgan fingerprint density at radius 3 is 2.68 bits per heavy atom. The standard InChI is InChI=1S/C23H25BrN6O3S/c1-13-10-16(4-5-17(13)24)26-18(31)11-30-12-25-20-19(22(30)33)34-23(28-20)29-8-6-14(7-9-29)21(32)27-15-2-3-15/h4-5,10,12,14-15H,2-3,6-9,11H2,1H3,(H,26,31)(H,27,32). The van der Waals surface area contributed by atoms with Gasteiger partial charge in [-0.3, -0.25) is 19.0 Å². The lowest BCUT2D eigenvalue weighted by Crippen LogP contribution is -2.41. The van der Waals surface area contributed by atoms with Crippen molar-refractivity contribution in [3.8, 4) is 0 Å². The monoisotopic (exact) mass is 544 g/mol. The summed E-state index contributed by atoms with van der Waals surface area (Å²) in [4.78, 5) is 48.8. The Balaban J connectivity index is 1.25. The van der Waals surface area contributed by atoms with Crippen LogP contribution in [0.25, 0.3) is 10.3 Å². The fourth-order valence-electron chi connectivity index (χ4n) is 4.04. The fourth-order valence-corrected chi connectivity index (χ4v) is 5.31. The minimum atomic E-state index is -0.304. The number of piperidine rings is 1. The highest BCUT2D eigenvalue weighted by molar-refractivity contribution is 9.10. The van der Waals surface area contributed by atoms with E-state index in [2.05, 4.69) is 41.4 Å². The van der Waals surface area contributed by atoms with Crippen LogP contribution in [0.4, 0.5) is 10.8 Å². The van der Waals surface area contributed by atoms with E-state index in [1.165, 1.54) is 22.2 Å². The van der Waals surface area contributed by atoms with Crippen LogP contribution in [-0.2, 0) is 16.1 Å². The molecule has 0 spiro atoms. The second kappa shape index (κ2) is 9.46. The van der Waals surface area contributed by atoms with E-state index in [1.54, 1.807) is 6.07 Å². The zero-order valence-electron chi connectivity index (χ0n) is 18.7. The highest BCUT2D eigenvalue weighted by Gasteiger charge is 2.30. The molecule has 1 aliphatic heterocycles. The maximum atomic E-state index is 13.0. The maximum absolute atomic E-state index is 13.0. The summed E-state index contributed by atoms with van der Waals surface area (Å²) in [6.45, 7) is 3.23. The van der Waals surface area contributed by atoms with E-state index in [0.717, 1.165) is 40.9 Å². The summed E-state index contributed by atoms with van der Waals surface area (Å²) >= 11 is 4.73. The van der Waals surface area contributed by atoms with Crippen molar-refractivity contribution in [1.82, 2.24) is 19.9 Å². The van der Waals surface area contributed by atoms with Crippen molar-refractivity contribution in [2.75, 3.05) is 23.3 Å². The van der Waals surface area contributed by atoms with E-state index in [4.69, 9.17) is 0 Å². The van der Waals surface area contributed by atoms with Crippen LogP contribution in [0, 0.1) is 12.8 Å². The number of nitrogens with one attached hydrogen (secondary N) is 2. The molecule has 3 aromatic rings. The number of rotatable bonds is 6. The Bertz CT molecular complexity index is 1310. The molecule has 2 N–H and O–H groups in total. The number of amides is 2. The summed E-state index contributed by atoms with van der Waals surface area (Å²) < 4.78 is 2.70. The summed E-state index contributed by atoms with van der Waals surface area (Å²) in [5.74, 6) is -0.108. The van der Waals surface area contributed by atoms with Crippen molar-refractivity contribution in [1.29, 1.82) is 0 Å². The molecule has 9 nitrogen and oxygen atoms in total. The van der Waals surface area contributed by atoms with Crippen molar-refractivity contribution in [3.05, 3.63) is 44.9 Å². The Kier molecular flexibility index (Phi) is 6.39. The van der Waals surface area contributed by atoms with Crippen LogP contribution in [0.2, 0.25) is 0 Å². The first-order valence-corrected chi connectivity index (χ1v) is 13.0. The second-order valence-corrected chi connectivity index (χ2v) is 10.7. The Hall–Kier alpha value is -2.79. The van der Waals surface area contributed by atoms with Crippen LogP contribution in [0.5, 0.6) is 0 Å². The van der Waals surface area contributed by atoms with Gasteiger partial charge < -0.3 is 15.5 Å². The number of benzene rings is 1. The molecule has 1 aromatic carbocycles. The number of carbonyl (C=O) groups excluding carboxylic acids is 2. The molecule has 34 heavy (non-hydrogen) atoms. The minimum absolute atomic E-state index is 0.0367.